The smallest absolute Gasteiger partial charge is 0.267 e. The van der Waals surface area contributed by atoms with Crippen LogP contribution in [0.4, 0.5) is 0 Å². The quantitative estimate of drug-likeness (QED) is 0.0344. The van der Waals surface area contributed by atoms with E-state index in [1.165, 1.54) is 135 Å². The van der Waals surface area contributed by atoms with Crippen LogP contribution in [-0.2, 0) is 14.9 Å². The van der Waals surface area contributed by atoms with Crippen molar-refractivity contribution in [2.75, 3.05) is 5.75 Å². The number of hydrogen-bond acceptors (Lipinski definition) is 4. The molecule has 0 aromatic heterocycles. The minimum Gasteiger partial charge on any atom is -0.387 e. The van der Waals surface area contributed by atoms with Crippen molar-refractivity contribution in [3.8, 4) is 0 Å². The molecule has 282 valence electrons. The molecule has 0 bridgehead atoms. The predicted octanol–water partition coefficient (Wildman–Crippen LogP) is 11.7. The molecule has 0 aliphatic heterocycles. The van der Waals surface area contributed by atoms with Crippen LogP contribution >= 0.6 is 0 Å². The molecular weight excluding hydrogens is 619 g/mol. The monoisotopic (exact) mass is 696 g/mol. The number of carbonyl (C=O) groups is 1. The number of nitrogens with one attached hydrogen (secondary N) is 1. The summed E-state index contributed by atoms with van der Waals surface area (Å²) in [5.41, 5.74) is 0. The third-order valence-corrected chi connectivity index (χ3v) is 9.84. The number of carbonyl (C=O) groups excluding carboxylic acids is 1. The lowest BCUT2D eigenvalue weighted by Gasteiger charge is -2.21. The van der Waals surface area contributed by atoms with Crippen LogP contribution in [-0.4, -0.2) is 41.9 Å². The molecule has 1 amide bonds. The Hall–Kier alpha value is -1.44. The highest BCUT2D eigenvalue weighted by Crippen LogP contribution is 2.14. The average Bonchev–Trinajstić information content (AvgIpc) is 3.05. The van der Waals surface area contributed by atoms with Crippen LogP contribution in [0, 0.1) is 0 Å². The molecule has 0 fully saturated rings. The zero-order chi connectivity index (χ0) is 35.4. The van der Waals surface area contributed by atoms with Crippen molar-refractivity contribution in [1.82, 2.24) is 5.32 Å². The van der Waals surface area contributed by atoms with Crippen molar-refractivity contribution in [3.63, 3.8) is 0 Å². The van der Waals surface area contributed by atoms with Gasteiger partial charge in [0.15, 0.2) is 0 Å². The Kier molecular flexibility index (Phi) is 34.3. The Bertz CT molecular complexity index is 899. The molecule has 0 saturated carbocycles. The molecule has 0 aliphatic carbocycles. The number of hydrogen-bond donors (Lipinski definition) is 3. The molecule has 0 saturated heterocycles. The van der Waals surface area contributed by atoms with E-state index in [1.54, 1.807) is 6.08 Å². The summed E-state index contributed by atoms with van der Waals surface area (Å²) in [4.78, 5) is 12.5. The van der Waals surface area contributed by atoms with Crippen LogP contribution in [0.1, 0.15) is 200 Å². The van der Waals surface area contributed by atoms with Crippen LogP contribution in [0.3, 0.4) is 0 Å². The van der Waals surface area contributed by atoms with Gasteiger partial charge in [0.2, 0.25) is 5.91 Å². The fourth-order valence-corrected chi connectivity index (χ4v) is 6.74. The van der Waals surface area contributed by atoms with Crippen LogP contribution in [0.25, 0.3) is 0 Å². The molecule has 0 radical (unpaired) electrons. The van der Waals surface area contributed by atoms with E-state index >= 15 is 0 Å². The van der Waals surface area contributed by atoms with Gasteiger partial charge in [0, 0.05) is 6.42 Å². The molecule has 7 heteroatoms. The van der Waals surface area contributed by atoms with Gasteiger partial charge in [0.05, 0.1) is 17.9 Å². The van der Waals surface area contributed by atoms with Gasteiger partial charge in [-0.25, -0.2) is 0 Å². The molecule has 2 atom stereocenters. The largest absolute Gasteiger partial charge is 0.387 e. The molecule has 3 N–H and O–H groups in total. The molecule has 0 heterocycles. The van der Waals surface area contributed by atoms with E-state index in [1.807, 2.05) is 6.08 Å². The lowest BCUT2D eigenvalue weighted by Crippen LogP contribution is -2.46. The van der Waals surface area contributed by atoms with E-state index in [0.717, 1.165) is 44.9 Å². The van der Waals surface area contributed by atoms with Crippen molar-refractivity contribution < 1.29 is 22.9 Å². The topological polar surface area (TPSA) is 104 Å². The summed E-state index contributed by atoms with van der Waals surface area (Å²) in [6.07, 6.45) is 45.7. The maximum absolute atomic E-state index is 12.5. The Morgan fingerprint density at radius 3 is 1.35 bits per heavy atom. The average molecular weight is 696 g/mol. The predicted molar refractivity (Wildman–Crippen MR) is 207 cm³/mol. The van der Waals surface area contributed by atoms with Crippen LogP contribution < -0.4 is 5.32 Å². The summed E-state index contributed by atoms with van der Waals surface area (Å²) in [6, 6.07) is -1.05. The van der Waals surface area contributed by atoms with E-state index in [4.69, 9.17) is 0 Å². The van der Waals surface area contributed by atoms with Gasteiger partial charge in [-0.3, -0.25) is 9.35 Å². The van der Waals surface area contributed by atoms with Crippen LogP contribution in [0.15, 0.2) is 36.5 Å². The van der Waals surface area contributed by atoms with Gasteiger partial charge in [-0.2, -0.15) is 8.42 Å². The maximum atomic E-state index is 12.5. The molecule has 0 rings (SSSR count). The first kappa shape index (κ1) is 46.6. The number of unbranched alkanes of at least 4 members (excludes halogenated alkanes) is 24. The minimum absolute atomic E-state index is 0.282. The first-order valence-electron chi connectivity index (χ1n) is 20.2. The van der Waals surface area contributed by atoms with Crippen molar-refractivity contribution in [1.29, 1.82) is 0 Å². The van der Waals surface area contributed by atoms with Crippen molar-refractivity contribution in [2.24, 2.45) is 0 Å². The number of aliphatic hydroxyl groups is 1. The number of allylic oxidation sites excluding steroid dienone is 5. The lowest BCUT2D eigenvalue weighted by molar-refractivity contribution is -0.122. The van der Waals surface area contributed by atoms with Crippen molar-refractivity contribution >= 4 is 16.0 Å². The summed E-state index contributed by atoms with van der Waals surface area (Å²) in [7, 11) is -4.34. The van der Waals surface area contributed by atoms with Gasteiger partial charge in [-0.05, 0) is 51.4 Å². The molecule has 48 heavy (non-hydrogen) atoms. The Labute approximate surface area is 297 Å². The molecule has 0 spiro atoms. The van der Waals surface area contributed by atoms with Gasteiger partial charge in [-0.1, -0.05) is 179 Å². The third-order valence-electron chi connectivity index (χ3n) is 9.06. The number of aliphatic hydroxyl groups excluding tert-OH is 1. The third kappa shape index (κ3) is 35.9. The summed E-state index contributed by atoms with van der Waals surface area (Å²) >= 11 is 0. The second-order valence-electron chi connectivity index (χ2n) is 13.9. The summed E-state index contributed by atoms with van der Waals surface area (Å²) in [5.74, 6) is -0.981. The van der Waals surface area contributed by atoms with E-state index in [-0.39, 0.29) is 5.91 Å². The van der Waals surface area contributed by atoms with Crippen molar-refractivity contribution in [2.45, 2.75) is 212 Å². The highest BCUT2D eigenvalue weighted by molar-refractivity contribution is 7.85. The molecule has 0 aromatic carbocycles. The first-order valence-corrected chi connectivity index (χ1v) is 21.8. The van der Waals surface area contributed by atoms with E-state index in [9.17, 15) is 22.9 Å². The molecule has 0 aromatic rings. The highest BCUT2D eigenvalue weighted by Gasteiger charge is 2.24. The second-order valence-corrected chi connectivity index (χ2v) is 15.4. The van der Waals surface area contributed by atoms with Gasteiger partial charge in [0.25, 0.3) is 10.1 Å². The van der Waals surface area contributed by atoms with Gasteiger partial charge in [0.1, 0.15) is 0 Å². The minimum atomic E-state index is -4.34. The number of amides is 1. The fraction of sp³-hybridized carbons (Fsp3) is 0.829. The normalized spacial score (nSPS) is 13.7. The zero-order valence-electron chi connectivity index (χ0n) is 31.4. The Morgan fingerprint density at radius 1 is 0.562 bits per heavy atom. The summed E-state index contributed by atoms with van der Waals surface area (Å²) in [5, 5.41) is 13.2. The second kappa shape index (κ2) is 35.4. The van der Waals surface area contributed by atoms with E-state index in [0.29, 0.717) is 6.42 Å². The molecule has 6 nitrogen and oxygen atoms in total. The first-order chi connectivity index (χ1) is 23.3. The van der Waals surface area contributed by atoms with Gasteiger partial charge >= 0.3 is 0 Å². The highest BCUT2D eigenvalue weighted by atomic mass is 32.2. The van der Waals surface area contributed by atoms with E-state index < -0.39 is 28.0 Å². The molecule has 0 aliphatic rings. The molecular formula is C41H77NO5S. The Morgan fingerprint density at radius 2 is 0.938 bits per heavy atom. The number of rotatable bonds is 36. The van der Waals surface area contributed by atoms with Gasteiger partial charge in [-0.15, -0.1) is 0 Å². The SMILES string of the molecule is CCCCCCC/C=C\C/C=C\CCCCCCCCCCCCCC(=O)NC(CS(=O)(=O)O)C(O)/C=C/CCCCCCCCCC. The van der Waals surface area contributed by atoms with Crippen molar-refractivity contribution in [3.05, 3.63) is 36.5 Å². The summed E-state index contributed by atoms with van der Waals surface area (Å²) < 4.78 is 32.3. The van der Waals surface area contributed by atoms with Crippen LogP contribution in [0.5, 0.6) is 0 Å². The maximum Gasteiger partial charge on any atom is 0.267 e. The van der Waals surface area contributed by atoms with Gasteiger partial charge < -0.3 is 10.4 Å². The molecule has 2 unspecified atom stereocenters. The zero-order valence-corrected chi connectivity index (χ0v) is 32.2. The fourth-order valence-electron chi connectivity index (χ4n) is 6.01. The van der Waals surface area contributed by atoms with Crippen LogP contribution in [0.2, 0.25) is 0 Å². The lowest BCUT2D eigenvalue weighted by atomic mass is 10.0. The standard InChI is InChI=1S/C41H77NO5S/c1-3-5-7-9-11-13-15-16-17-18-19-20-21-22-23-24-25-26-27-29-31-33-35-37-41(44)42-39(38-48(45,46)47)40(43)36-34-32-30-28-14-12-10-8-6-4-2/h15-16,18-19,34,36,39-40,43H,3-14,17,20-33,35,37-38H2,1-2H3,(H,42,44)(H,45,46,47)/b16-15-,19-18-,36-34+. The van der Waals surface area contributed by atoms with E-state index in [2.05, 4.69) is 43.5 Å². The summed E-state index contributed by atoms with van der Waals surface area (Å²) in [6.45, 7) is 4.48. The Balaban J connectivity index is 3.82.